The Morgan fingerprint density at radius 3 is 2.48 bits per heavy atom. The number of amides is 1. The molecule has 1 saturated carbocycles. The van der Waals surface area contributed by atoms with Crippen LogP contribution < -0.4 is 5.32 Å². The van der Waals surface area contributed by atoms with Gasteiger partial charge in [0.15, 0.2) is 0 Å². The quantitative estimate of drug-likeness (QED) is 0.875. The zero-order valence-electron chi connectivity index (χ0n) is 13.8. The Labute approximate surface area is 138 Å². The van der Waals surface area contributed by atoms with Gasteiger partial charge in [-0.05, 0) is 31.2 Å². The molecule has 0 radical (unpaired) electrons. The van der Waals surface area contributed by atoms with E-state index in [1.54, 1.807) is 0 Å². The number of carbonyl (C=O) groups excluding carboxylic acids is 1. The number of hydrogen-bond donors (Lipinski definition) is 2. The van der Waals surface area contributed by atoms with E-state index in [0.717, 1.165) is 38.8 Å². The van der Waals surface area contributed by atoms with Gasteiger partial charge in [0.1, 0.15) is 0 Å². The van der Waals surface area contributed by atoms with E-state index >= 15 is 0 Å². The van der Waals surface area contributed by atoms with E-state index in [-0.39, 0.29) is 5.91 Å². The van der Waals surface area contributed by atoms with Gasteiger partial charge in [-0.3, -0.25) is 9.69 Å². The number of nitrogens with one attached hydrogen (secondary N) is 1. The van der Waals surface area contributed by atoms with E-state index in [0.29, 0.717) is 19.0 Å². The van der Waals surface area contributed by atoms with Crippen molar-refractivity contribution in [1.29, 1.82) is 0 Å². The van der Waals surface area contributed by atoms with Gasteiger partial charge in [-0.2, -0.15) is 0 Å². The van der Waals surface area contributed by atoms with Gasteiger partial charge >= 0.3 is 0 Å². The Balaban J connectivity index is 1.43. The zero-order valence-corrected chi connectivity index (χ0v) is 13.8. The van der Waals surface area contributed by atoms with Crippen molar-refractivity contribution < 1.29 is 9.90 Å². The molecule has 0 aromatic heterocycles. The molecular weight excluding hydrogens is 288 g/mol. The second-order valence-electron chi connectivity index (χ2n) is 7.21. The number of aliphatic hydroxyl groups is 1. The Morgan fingerprint density at radius 1 is 1.17 bits per heavy atom. The molecule has 2 fully saturated rings. The molecule has 1 aliphatic carbocycles. The summed E-state index contributed by atoms with van der Waals surface area (Å²) in [7, 11) is 0. The number of nitrogens with zero attached hydrogens (tertiary/aromatic N) is 1. The van der Waals surface area contributed by atoms with E-state index in [4.69, 9.17) is 0 Å². The summed E-state index contributed by atoms with van der Waals surface area (Å²) >= 11 is 0. The molecule has 126 valence electrons. The third-order valence-corrected chi connectivity index (χ3v) is 5.25. The van der Waals surface area contributed by atoms with Crippen LogP contribution in [0.15, 0.2) is 30.3 Å². The van der Waals surface area contributed by atoms with Crippen molar-refractivity contribution in [2.24, 2.45) is 0 Å². The minimum atomic E-state index is -0.625. The zero-order chi connectivity index (χ0) is 16.1. The molecule has 0 bridgehead atoms. The number of hydrogen-bond acceptors (Lipinski definition) is 3. The van der Waals surface area contributed by atoms with Crippen LogP contribution in [0.1, 0.15) is 44.1 Å². The Morgan fingerprint density at radius 2 is 1.83 bits per heavy atom. The lowest BCUT2D eigenvalue weighted by molar-refractivity contribution is -0.124. The van der Waals surface area contributed by atoms with E-state index in [9.17, 15) is 9.90 Å². The van der Waals surface area contributed by atoms with Crippen molar-refractivity contribution in [2.45, 2.75) is 56.6 Å². The first kappa shape index (κ1) is 16.5. The summed E-state index contributed by atoms with van der Waals surface area (Å²) in [6.07, 6.45) is 6.90. The monoisotopic (exact) mass is 316 g/mol. The third kappa shape index (κ3) is 4.79. The first-order chi connectivity index (χ1) is 11.1. The number of benzene rings is 1. The molecule has 1 aromatic carbocycles. The van der Waals surface area contributed by atoms with Crippen LogP contribution in [0, 0.1) is 0 Å². The van der Waals surface area contributed by atoms with Crippen molar-refractivity contribution in [1.82, 2.24) is 10.2 Å². The highest BCUT2D eigenvalue weighted by molar-refractivity contribution is 5.78. The second-order valence-corrected chi connectivity index (χ2v) is 7.21. The van der Waals surface area contributed by atoms with Crippen LogP contribution in [0.2, 0.25) is 0 Å². The van der Waals surface area contributed by atoms with Gasteiger partial charge in [0.2, 0.25) is 5.91 Å². The summed E-state index contributed by atoms with van der Waals surface area (Å²) in [5, 5.41) is 13.9. The van der Waals surface area contributed by atoms with Gasteiger partial charge in [-0.1, -0.05) is 43.2 Å². The molecule has 2 aliphatic rings. The Bertz CT molecular complexity index is 503. The van der Waals surface area contributed by atoms with Crippen LogP contribution in [-0.2, 0) is 11.2 Å². The first-order valence-corrected chi connectivity index (χ1v) is 8.91. The predicted octanol–water partition coefficient (Wildman–Crippen LogP) is 2.11. The van der Waals surface area contributed by atoms with Gasteiger partial charge in [-0.15, -0.1) is 0 Å². The van der Waals surface area contributed by atoms with Crippen LogP contribution in [0.5, 0.6) is 0 Å². The fourth-order valence-electron chi connectivity index (χ4n) is 3.83. The predicted molar refractivity (Wildman–Crippen MR) is 91.2 cm³/mol. The lowest BCUT2D eigenvalue weighted by atomic mass is 9.85. The SMILES string of the molecule is O=C(CN1CCC(O)(Cc2ccccc2)CC1)NC1CCCC1. The largest absolute Gasteiger partial charge is 0.389 e. The number of rotatable bonds is 5. The number of piperidine rings is 1. The van der Waals surface area contributed by atoms with E-state index in [1.807, 2.05) is 18.2 Å². The average Bonchev–Trinajstić information content (AvgIpc) is 3.03. The van der Waals surface area contributed by atoms with Gasteiger partial charge in [-0.25, -0.2) is 0 Å². The smallest absolute Gasteiger partial charge is 0.234 e. The normalized spacial score (nSPS) is 22.1. The maximum Gasteiger partial charge on any atom is 0.234 e. The van der Waals surface area contributed by atoms with E-state index in [2.05, 4.69) is 22.3 Å². The Kier molecular flexibility index (Phi) is 5.34. The summed E-state index contributed by atoms with van der Waals surface area (Å²) in [6, 6.07) is 10.6. The summed E-state index contributed by atoms with van der Waals surface area (Å²) in [5.74, 6) is 0.144. The summed E-state index contributed by atoms with van der Waals surface area (Å²) in [4.78, 5) is 14.3. The van der Waals surface area contributed by atoms with Crippen molar-refractivity contribution in [3.8, 4) is 0 Å². The maximum absolute atomic E-state index is 12.1. The molecule has 2 N–H and O–H groups in total. The van der Waals surface area contributed by atoms with Crippen molar-refractivity contribution >= 4 is 5.91 Å². The summed E-state index contributed by atoms with van der Waals surface area (Å²) in [5.41, 5.74) is 0.558. The standard InChI is InChI=1S/C19H28N2O2/c22-18(20-17-8-4-5-9-17)15-21-12-10-19(23,11-13-21)14-16-6-2-1-3-7-16/h1-3,6-7,17,23H,4-5,8-15H2,(H,20,22). The highest BCUT2D eigenvalue weighted by atomic mass is 16.3. The molecule has 23 heavy (non-hydrogen) atoms. The molecule has 1 amide bonds. The summed E-state index contributed by atoms with van der Waals surface area (Å²) < 4.78 is 0. The minimum Gasteiger partial charge on any atom is -0.389 e. The second kappa shape index (κ2) is 7.45. The van der Waals surface area contributed by atoms with E-state index < -0.39 is 5.60 Å². The molecular formula is C19H28N2O2. The van der Waals surface area contributed by atoms with Crippen molar-refractivity contribution in [2.75, 3.05) is 19.6 Å². The molecule has 0 unspecified atom stereocenters. The fourth-order valence-corrected chi connectivity index (χ4v) is 3.83. The molecule has 0 atom stereocenters. The Hall–Kier alpha value is -1.39. The number of carbonyl (C=O) groups is 1. The molecule has 4 nitrogen and oxygen atoms in total. The first-order valence-electron chi connectivity index (χ1n) is 8.91. The van der Waals surface area contributed by atoms with Gasteiger partial charge in [0.25, 0.3) is 0 Å². The molecule has 1 aromatic rings. The highest BCUT2D eigenvalue weighted by Crippen LogP contribution is 2.26. The molecule has 1 aliphatic heterocycles. The van der Waals surface area contributed by atoms with Crippen LogP contribution in [0.3, 0.4) is 0 Å². The average molecular weight is 316 g/mol. The molecule has 1 heterocycles. The van der Waals surface area contributed by atoms with Crippen molar-refractivity contribution in [3.05, 3.63) is 35.9 Å². The van der Waals surface area contributed by atoms with Crippen molar-refractivity contribution in [3.63, 3.8) is 0 Å². The van der Waals surface area contributed by atoms with Gasteiger partial charge in [0.05, 0.1) is 12.1 Å². The minimum absolute atomic E-state index is 0.144. The third-order valence-electron chi connectivity index (χ3n) is 5.25. The van der Waals surface area contributed by atoms with Crippen LogP contribution in [-0.4, -0.2) is 47.2 Å². The summed E-state index contributed by atoms with van der Waals surface area (Å²) in [6.45, 7) is 2.06. The van der Waals surface area contributed by atoms with Gasteiger partial charge in [0, 0.05) is 25.6 Å². The maximum atomic E-state index is 12.1. The highest BCUT2D eigenvalue weighted by Gasteiger charge is 2.33. The number of likely N-dealkylation sites (tertiary alicyclic amines) is 1. The molecule has 0 spiro atoms. The fraction of sp³-hybridized carbons (Fsp3) is 0.632. The molecule has 4 heteroatoms. The lowest BCUT2D eigenvalue weighted by Crippen LogP contribution is -2.49. The van der Waals surface area contributed by atoms with Crippen LogP contribution in [0.4, 0.5) is 0 Å². The molecule has 1 saturated heterocycles. The van der Waals surface area contributed by atoms with Crippen LogP contribution in [0.25, 0.3) is 0 Å². The van der Waals surface area contributed by atoms with Gasteiger partial charge < -0.3 is 10.4 Å². The topological polar surface area (TPSA) is 52.6 Å². The molecule has 3 rings (SSSR count). The lowest BCUT2D eigenvalue weighted by Gasteiger charge is -2.38. The van der Waals surface area contributed by atoms with Crippen LogP contribution >= 0.6 is 0 Å². The van der Waals surface area contributed by atoms with E-state index in [1.165, 1.54) is 18.4 Å².